The highest BCUT2D eigenvalue weighted by atomic mass is 16.2. The average Bonchev–Trinajstić information content (AvgIpc) is 2.26. The second-order valence-electron chi connectivity index (χ2n) is 3.03. The number of rotatable bonds is 4. The van der Waals surface area contributed by atoms with Gasteiger partial charge in [-0.15, -0.1) is 0 Å². The molecule has 0 aliphatic rings. The highest BCUT2D eigenvalue weighted by Gasteiger charge is 2.07. The number of nitrogens with zero attached hydrogens (tertiary/aromatic N) is 2. The average molecular weight is 210 g/mol. The van der Waals surface area contributed by atoms with Gasteiger partial charge in [-0.2, -0.15) is 0 Å². The molecule has 6 heteroatoms. The summed E-state index contributed by atoms with van der Waals surface area (Å²) in [7, 11) is 1.70. The van der Waals surface area contributed by atoms with Crippen LogP contribution in [0.4, 0.5) is 5.82 Å². The SMILES string of the molecule is CCN(C)C(=O)CNc1ncc[nH]c1=O. The molecule has 1 aromatic heterocycles. The minimum atomic E-state index is -0.329. The Hall–Kier alpha value is -1.85. The molecular weight excluding hydrogens is 196 g/mol. The molecule has 15 heavy (non-hydrogen) atoms. The van der Waals surface area contributed by atoms with Gasteiger partial charge in [0.1, 0.15) is 0 Å². The number of nitrogens with one attached hydrogen (secondary N) is 2. The second-order valence-corrected chi connectivity index (χ2v) is 3.03. The van der Waals surface area contributed by atoms with Gasteiger partial charge in [-0.1, -0.05) is 0 Å². The number of anilines is 1. The molecule has 1 amide bonds. The third-order valence-electron chi connectivity index (χ3n) is 2.01. The summed E-state index contributed by atoms with van der Waals surface area (Å²) in [5, 5.41) is 2.68. The molecule has 1 rings (SSSR count). The Morgan fingerprint density at radius 1 is 1.67 bits per heavy atom. The fourth-order valence-electron chi connectivity index (χ4n) is 0.948. The van der Waals surface area contributed by atoms with Crippen molar-refractivity contribution in [3.8, 4) is 0 Å². The maximum Gasteiger partial charge on any atom is 0.290 e. The minimum absolute atomic E-state index is 0.0738. The first-order chi connectivity index (χ1) is 7.15. The van der Waals surface area contributed by atoms with Gasteiger partial charge in [0.15, 0.2) is 5.82 Å². The van der Waals surface area contributed by atoms with Crippen molar-refractivity contribution in [3.05, 3.63) is 22.7 Å². The van der Waals surface area contributed by atoms with Gasteiger partial charge in [-0.25, -0.2) is 4.98 Å². The summed E-state index contributed by atoms with van der Waals surface area (Å²) < 4.78 is 0. The van der Waals surface area contributed by atoms with Gasteiger partial charge in [0.2, 0.25) is 5.91 Å². The van der Waals surface area contributed by atoms with Gasteiger partial charge < -0.3 is 15.2 Å². The summed E-state index contributed by atoms with van der Waals surface area (Å²) in [6.07, 6.45) is 2.89. The van der Waals surface area contributed by atoms with Crippen LogP contribution in [-0.4, -0.2) is 40.9 Å². The van der Waals surface area contributed by atoms with Gasteiger partial charge >= 0.3 is 0 Å². The van der Waals surface area contributed by atoms with Crippen LogP contribution >= 0.6 is 0 Å². The van der Waals surface area contributed by atoms with E-state index in [2.05, 4.69) is 15.3 Å². The molecule has 0 aromatic carbocycles. The summed E-state index contributed by atoms with van der Waals surface area (Å²) in [6.45, 7) is 2.59. The zero-order valence-corrected chi connectivity index (χ0v) is 8.78. The summed E-state index contributed by atoms with van der Waals surface area (Å²) >= 11 is 0. The molecule has 0 bridgehead atoms. The molecule has 2 N–H and O–H groups in total. The first-order valence-electron chi connectivity index (χ1n) is 4.66. The van der Waals surface area contributed by atoms with E-state index in [-0.39, 0.29) is 23.8 Å². The van der Waals surface area contributed by atoms with E-state index in [1.165, 1.54) is 12.4 Å². The van der Waals surface area contributed by atoms with Crippen molar-refractivity contribution in [1.29, 1.82) is 0 Å². The Labute approximate surface area is 87.3 Å². The lowest BCUT2D eigenvalue weighted by Gasteiger charge is -2.14. The van der Waals surface area contributed by atoms with Crippen LogP contribution in [0.5, 0.6) is 0 Å². The van der Waals surface area contributed by atoms with Crippen molar-refractivity contribution in [3.63, 3.8) is 0 Å². The molecule has 1 heterocycles. The third kappa shape index (κ3) is 3.08. The van der Waals surface area contributed by atoms with Gasteiger partial charge in [0.25, 0.3) is 5.56 Å². The molecule has 6 nitrogen and oxygen atoms in total. The van der Waals surface area contributed by atoms with E-state index >= 15 is 0 Å². The van der Waals surface area contributed by atoms with Crippen LogP contribution in [0, 0.1) is 0 Å². The number of amides is 1. The summed E-state index contributed by atoms with van der Waals surface area (Å²) in [5.41, 5.74) is -0.329. The molecule has 0 radical (unpaired) electrons. The van der Waals surface area contributed by atoms with E-state index < -0.39 is 0 Å². The molecule has 0 saturated carbocycles. The van der Waals surface area contributed by atoms with Crippen LogP contribution in [0.25, 0.3) is 0 Å². The number of aromatic nitrogens is 2. The standard InChI is InChI=1S/C9H14N4O2/c1-3-13(2)7(14)6-12-8-9(15)11-5-4-10-8/h4-5H,3,6H2,1-2H3,(H,10,12)(H,11,15). The molecule has 0 fully saturated rings. The highest BCUT2D eigenvalue weighted by molar-refractivity contribution is 5.80. The largest absolute Gasteiger partial charge is 0.356 e. The highest BCUT2D eigenvalue weighted by Crippen LogP contribution is 1.90. The van der Waals surface area contributed by atoms with Crippen molar-refractivity contribution >= 4 is 11.7 Å². The van der Waals surface area contributed by atoms with Crippen LogP contribution in [0.3, 0.4) is 0 Å². The van der Waals surface area contributed by atoms with Gasteiger partial charge in [0.05, 0.1) is 6.54 Å². The topological polar surface area (TPSA) is 78.1 Å². The zero-order valence-electron chi connectivity index (χ0n) is 8.78. The van der Waals surface area contributed by atoms with Crippen LogP contribution in [0.2, 0.25) is 0 Å². The van der Waals surface area contributed by atoms with Gasteiger partial charge in [-0.3, -0.25) is 9.59 Å². The Morgan fingerprint density at radius 3 is 3.00 bits per heavy atom. The summed E-state index contributed by atoms with van der Waals surface area (Å²) in [6, 6.07) is 0. The third-order valence-corrected chi connectivity index (χ3v) is 2.01. The quantitative estimate of drug-likeness (QED) is 0.712. The number of likely N-dealkylation sites (N-methyl/N-ethyl adjacent to an activating group) is 1. The lowest BCUT2D eigenvalue weighted by molar-refractivity contribution is -0.127. The Morgan fingerprint density at radius 2 is 2.40 bits per heavy atom. The molecule has 0 atom stereocenters. The first-order valence-corrected chi connectivity index (χ1v) is 4.66. The Kier molecular flexibility index (Phi) is 3.84. The van der Waals surface area contributed by atoms with Crippen molar-refractivity contribution < 1.29 is 4.79 Å². The molecule has 0 unspecified atom stereocenters. The second kappa shape index (κ2) is 5.14. The zero-order chi connectivity index (χ0) is 11.3. The Balaban J connectivity index is 2.55. The van der Waals surface area contributed by atoms with Crippen molar-refractivity contribution in [2.45, 2.75) is 6.92 Å². The van der Waals surface area contributed by atoms with Gasteiger partial charge in [-0.05, 0) is 6.92 Å². The predicted octanol–water partition coefficient (Wildman–Crippen LogP) is -0.340. The molecule has 0 spiro atoms. The summed E-state index contributed by atoms with van der Waals surface area (Å²) in [4.78, 5) is 30.4. The maximum atomic E-state index is 11.4. The van der Waals surface area contributed by atoms with Crippen LogP contribution in [-0.2, 0) is 4.79 Å². The van der Waals surface area contributed by atoms with Gasteiger partial charge in [0, 0.05) is 26.0 Å². The van der Waals surface area contributed by atoms with Crippen molar-refractivity contribution in [2.24, 2.45) is 0 Å². The van der Waals surface area contributed by atoms with E-state index in [0.29, 0.717) is 6.54 Å². The maximum absolute atomic E-state index is 11.4. The molecule has 0 aliphatic heterocycles. The fraction of sp³-hybridized carbons (Fsp3) is 0.444. The number of carbonyl (C=O) groups excluding carboxylic acids is 1. The van der Waals surface area contributed by atoms with E-state index in [1.807, 2.05) is 6.92 Å². The number of carbonyl (C=O) groups is 1. The molecule has 1 aromatic rings. The number of aromatic amines is 1. The first kappa shape index (κ1) is 11.2. The minimum Gasteiger partial charge on any atom is -0.356 e. The number of hydrogen-bond acceptors (Lipinski definition) is 4. The van der Waals surface area contributed by atoms with Crippen LogP contribution in [0.1, 0.15) is 6.92 Å². The van der Waals surface area contributed by atoms with Crippen molar-refractivity contribution in [1.82, 2.24) is 14.9 Å². The van der Waals surface area contributed by atoms with E-state index in [1.54, 1.807) is 11.9 Å². The molecule has 0 aliphatic carbocycles. The van der Waals surface area contributed by atoms with Crippen molar-refractivity contribution in [2.75, 3.05) is 25.5 Å². The van der Waals surface area contributed by atoms with E-state index in [0.717, 1.165) is 0 Å². The Bertz CT molecular complexity index is 388. The lowest BCUT2D eigenvalue weighted by atomic mass is 10.5. The monoisotopic (exact) mass is 210 g/mol. The normalized spacial score (nSPS) is 9.73. The van der Waals surface area contributed by atoms with Crippen LogP contribution < -0.4 is 10.9 Å². The molecule has 82 valence electrons. The number of H-pyrrole nitrogens is 1. The smallest absolute Gasteiger partial charge is 0.290 e. The summed E-state index contributed by atoms with van der Waals surface area (Å²) in [5.74, 6) is 0.0814. The lowest BCUT2D eigenvalue weighted by Crippen LogP contribution is -2.33. The fourth-order valence-corrected chi connectivity index (χ4v) is 0.948. The number of hydrogen-bond donors (Lipinski definition) is 2. The molecule has 0 saturated heterocycles. The predicted molar refractivity (Wildman–Crippen MR) is 56.7 cm³/mol. The van der Waals surface area contributed by atoms with E-state index in [9.17, 15) is 9.59 Å². The van der Waals surface area contributed by atoms with E-state index in [4.69, 9.17) is 0 Å². The molecular formula is C9H14N4O2. The van der Waals surface area contributed by atoms with Crippen LogP contribution in [0.15, 0.2) is 17.2 Å².